The average Bonchev–Trinajstić information content (AvgIpc) is 3.07. The number of carbonyl (C=O) groups excluding carboxylic acids is 1. The van der Waals surface area contributed by atoms with Crippen molar-refractivity contribution in [2.75, 3.05) is 0 Å². The molecule has 0 radical (unpaired) electrons. The van der Waals surface area contributed by atoms with E-state index in [1.807, 2.05) is 24.3 Å². The molecule has 1 amide bonds. The van der Waals surface area contributed by atoms with E-state index >= 15 is 0 Å². The number of H-pyrrole nitrogens is 1. The number of aryl methyl sites for hydroxylation is 1. The third kappa shape index (κ3) is 4.24. The summed E-state index contributed by atoms with van der Waals surface area (Å²) in [7, 11) is 0. The molecule has 0 aliphatic rings. The number of unbranched alkanes of at least 4 members (excludes halogenated alkanes) is 3. The van der Waals surface area contributed by atoms with Crippen LogP contribution in [0.25, 0.3) is 22.0 Å². The molecular weight excluding hydrogens is 317 g/mol. The Kier molecular flexibility index (Phi) is 5.43. The van der Waals surface area contributed by atoms with Crippen molar-refractivity contribution in [3.8, 4) is 11.3 Å². The number of fused-ring (bicyclic) bond motifs is 1. The van der Waals surface area contributed by atoms with Gasteiger partial charge in [-0.1, -0.05) is 43.2 Å². The summed E-state index contributed by atoms with van der Waals surface area (Å²) in [6.45, 7) is 0. The topological polar surface area (TPSA) is 71.8 Å². The predicted octanol–water partition coefficient (Wildman–Crippen LogP) is 4.35. The smallest absolute Gasteiger partial charge is 0.217 e. The first-order valence-corrected chi connectivity index (χ1v) is 8.65. The molecule has 0 atom stereocenters. The van der Waals surface area contributed by atoms with Crippen LogP contribution in [0.1, 0.15) is 37.9 Å². The highest BCUT2D eigenvalue weighted by molar-refractivity contribution is 5.87. The Balaban J connectivity index is 1.62. The van der Waals surface area contributed by atoms with Crippen LogP contribution in [0.2, 0.25) is 0 Å². The van der Waals surface area contributed by atoms with Gasteiger partial charge in [0.25, 0.3) is 0 Å². The molecule has 1 aromatic heterocycles. The summed E-state index contributed by atoms with van der Waals surface area (Å²) in [5, 5.41) is 1.50. The Morgan fingerprint density at radius 3 is 2.72 bits per heavy atom. The molecule has 3 aromatic rings. The van der Waals surface area contributed by atoms with Gasteiger partial charge in [0.1, 0.15) is 11.6 Å². The maximum absolute atomic E-state index is 14.7. The number of hydrogen-bond acceptors (Lipinski definition) is 2. The van der Waals surface area contributed by atoms with E-state index in [0.29, 0.717) is 23.1 Å². The van der Waals surface area contributed by atoms with Crippen molar-refractivity contribution in [3.63, 3.8) is 0 Å². The molecule has 0 saturated carbocycles. The van der Waals surface area contributed by atoms with Crippen LogP contribution in [-0.2, 0) is 11.2 Å². The van der Waals surface area contributed by atoms with Crippen LogP contribution in [-0.4, -0.2) is 15.9 Å². The molecule has 0 unspecified atom stereocenters. The fraction of sp³-hybridized carbons (Fsp3) is 0.300. The van der Waals surface area contributed by atoms with Gasteiger partial charge in [0.05, 0.1) is 11.9 Å². The molecule has 1 heterocycles. The molecule has 4 nitrogen and oxygen atoms in total. The molecule has 3 rings (SSSR count). The Hall–Kier alpha value is -2.69. The van der Waals surface area contributed by atoms with Crippen molar-refractivity contribution in [3.05, 3.63) is 54.2 Å². The van der Waals surface area contributed by atoms with Gasteiger partial charge in [-0.2, -0.15) is 0 Å². The minimum absolute atomic E-state index is 0.222. The summed E-state index contributed by atoms with van der Waals surface area (Å²) in [4.78, 5) is 18.3. The second kappa shape index (κ2) is 7.92. The third-order valence-corrected chi connectivity index (χ3v) is 4.37. The molecular formula is C20H22FN3O. The Morgan fingerprint density at radius 2 is 1.88 bits per heavy atom. The van der Waals surface area contributed by atoms with Gasteiger partial charge in [-0.05, 0) is 24.3 Å². The third-order valence-electron chi connectivity index (χ3n) is 4.37. The van der Waals surface area contributed by atoms with Gasteiger partial charge in [0.15, 0.2) is 0 Å². The highest BCUT2D eigenvalue weighted by Gasteiger charge is 2.11. The SMILES string of the molecule is NC(=O)CCCCCCc1ncc(-c2ccc3ccccc3c2F)[nH]1. The minimum atomic E-state index is -0.243. The molecule has 5 heteroatoms. The van der Waals surface area contributed by atoms with Crippen molar-refractivity contribution in [1.82, 2.24) is 9.97 Å². The van der Waals surface area contributed by atoms with E-state index in [4.69, 9.17) is 5.73 Å². The number of nitrogens with two attached hydrogens (primary N) is 1. The molecule has 2 aromatic carbocycles. The molecule has 0 aliphatic heterocycles. The maximum atomic E-state index is 14.7. The van der Waals surface area contributed by atoms with Gasteiger partial charge in [0, 0.05) is 23.8 Å². The highest BCUT2D eigenvalue weighted by Crippen LogP contribution is 2.28. The number of nitrogens with one attached hydrogen (secondary N) is 1. The normalized spacial score (nSPS) is 11.1. The predicted molar refractivity (Wildman–Crippen MR) is 97.5 cm³/mol. The van der Waals surface area contributed by atoms with E-state index in [2.05, 4.69) is 9.97 Å². The first-order valence-electron chi connectivity index (χ1n) is 8.65. The number of hydrogen-bond donors (Lipinski definition) is 2. The van der Waals surface area contributed by atoms with Gasteiger partial charge in [-0.25, -0.2) is 9.37 Å². The fourth-order valence-electron chi connectivity index (χ4n) is 3.01. The molecule has 25 heavy (non-hydrogen) atoms. The van der Waals surface area contributed by atoms with E-state index in [1.54, 1.807) is 18.3 Å². The summed E-state index contributed by atoms with van der Waals surface area (Å²) in [5.74, 6) is 0.394. The minimum Gasteiger partial charge on any atom is -0.370 e. The van der Waals surface area contributed by atoms with Crippen LogP contribution in [0, 0.1) is 5.82 Å². The van der Waals surface area contributed by atoms with Crippen molar-refractivity contribution in [2.24, 2.45) is 5.73 Å². The lowest BCUT2D eigenvalue weighted by Crippen LogP contribution is -2.09. The van der Waals surface area contributed by atoms with Crippen LogP contribution in [0.3, 0.4) is 0 Å². The molecule has 130 valence electrons. The molecule has 0 spiro atoms. The number of primary amides is 1. The largest absolute Gasteiger partial charge is 0.370 e. The van der Waals surface area contributed by atoms with E-state index in [-0.39, 0.29) is 11.7 Å². The number of aromatic nitrogens is 2. The number of halogens is 1. The summed E-state index contributed by atoms with van der Waals surface area (Å²) in [6, 6.07) is 11.1. The van der Waals surface area contributed by atoms with E-state index in [0.717, 1.165) is 43.3 Å². The standard InChI is InChI=1S/C20H22FN3O/c21-20-15-8-6-5-7-14(15)11-12-16(20)17-13-23-19(24-17)10-4-2-1-3-9-18(22)25/h5-8,11-13H,1-4,9-10H2,(H2,22,25)(H,23,24). The van der Waals surface area contributed by atoms with Crippen LogP contribution in [0.15, 0.2) is 42.6 Å². The summed E-state index contributed by atoms with van der Waals surface area (Å²) in [5.41, 5.74) is 6.36. The number of carbonyl (C=O) groups is 1. The van der Waals surface area contributed by atoms with Gasteiger partial charge in [0.2, 0.25) is 5.91 Å². The van der Waals surface area contributed by atoms with Gasteiger partial charge >= 0.3 is 0 Å². The molecule has 0 fully saturated rings. The highest BCUT2D eigenvalue weighted by atomic mass is 19.1. The van der Waals surface area contributed by atoms with Crippen molar-refractivity contribution < 1.29 is 9.18 Å². The Labute approximate surface area is 146 Å². The number of benzene rings is 2. The maximum Gasteiger partial charge on any atom is 0.217 e. The molecule has 3 N–H and O–H groups in total. The Bertz CT molecular complexity index is 872. The number of nitrogens with zero attached hydrogens (tertiary/aromatic N) is 1. The molecule has 0 saturated heterocycles. The second-order valence-electron chi connectivity index (χ2n) is 6.27. The van der Waals surface area contributed by atoms with Crippen LogP contribution < -0.4 is 5.73 Å². The van der Waals surface area contributed by atoms with E-state index in [9.17, 15) is 9.18 Å². The first-order chi connectivity index (χ1) is 12.1. The monoisotopic (exact) mass is 339 g/mol. The summed E-state index contributed by atoms with van der Waals surface area (Å²) < 4.78 is 14.7. The van der Waals surface area contributed by atoms with Crippen LogP contribution in [0.4, 0.5) is 4.39 Å². The number of amides is 1. The number of aromatic amines is 1. The van der Waals surface area contributed by atoms with Gasteiger partial charge in [-0.3, -0.25) is 4.79 Å². The van der Waals surface area contributed by atoms with Crippen LogP contribution in [0.5, 0.6) is 0 Å². The number of imidazole rings is 1. The average molecular weight is 339 g/mol. The van der Waals surface area contributed by atoms with E-state index < -0.39 is 0 Å². The number of rotatable bonds is 8. The van der Waals surface area contributed by atoms with Crippen LogP contribution >= 0.6 is 0 Å². The van der Waals surface area contributed by atoms with E-state index in [1.165, 1.54) is 0 Å². The van der Waals surface area contributed by atoms with Gasteiger partial charge in [-0.15, -0.1) is 0 Å². The lowest BCUT2D eigenvalue weighted by atomic mass is 10.0. The lowest BCUT2D eigenvalue weighted by Gasteiger charge is -2.04. The van der Waals surface area contributed by atoms with Crippen molar-refractivity contribution >= 4 is 16.7 Å². The zero-order chi connectivity index (χ0) is 17.6. The van der Waals surface area contributed by atoms with Crippen molar-refractivity contribution in [2.45, 2.75) is 38.5 Å². The molecule has 0 aliphatic carbocycles. The zero-order valence-electron chi connectivity index (χ0n) is 14.1. The summed E-state index contributed by atoms with van der Waals surface area (Å²) >= 11 is 0. The second-order valence-corrected chi connectivity index (χ2v) is 6.27. The first kappa shape index (κ1) is 17.1. The Morgan fingerprint density at radius 1 is 1.08 bits per heavy atom. The lowest BCUT2D eigenvalue weighted by molar-refractivity contribution is -0.118. The van der Waals surface area contributed by atoms with Gasteiger partial charge < -0.3 is 10.7 Å². The molecule has 0 bridgehead atoms. The fourth-order valence-corrected chi connectivity index (χ4v) is 3.01. The quantitative estimate of drug-likeness (QED) is 0.599. The summed E-state index contributed by atoms with van der Waals surface area (Å²) in [6.07, 6.45) is 6.77. The zero-order valence-corrected chi connectivity index (χ0v) is 14.1. The van der Waals surface area contributed by atoms with Crippen molar-refractivity contribution in [1.29, 1.82) is 0 Å².